The third-order valence-corrected chi connectivity index (χ3v) is 3.73. The summed E-state index contributed by atoms with van der Waals surface area (Å²) in [5.41, 5.74) is 0.893. The number of Topliss-reactive ketones (excluding diaryl/α,β-unsaturated/α-hetero) is 1. The second kappa shape index (κ2) is 4.90. The summed E-state index contributed by atoms with van der Waals surface area (Å²) >= 11 is 1.65. The highest BCUT2D eigenvalue weighted by atomic mass is 32.1. The van der Waals surface area contributed by atoms with Gasteiger partial charge in [-0.05, 0) is 31.7 Å². The van der Waals surface area contributed by atoms with E-state index in [1.807, 2.05) is 18.4 Å². The second-order valence-electron chi connectivity index (χ2n) is 4.13. The first-order chi connectivity index (χ1) is 7.25. The molecule has 0 amide bonds. The number of thiophene rings is 1. The van der Waals surface area contributed by atoms with E-state index in [0.29, 0.717) is 18.1 Å². The Bertz CT molecular complexity index is 337. The lowest BCUT2D eigenvalue weighted by molar-refractivity contribution is 0.0601. The Morgan fingerprint density at radius 1 is 1.53 bits per heavy atom. The van der Waals surface area contributed by atoms with Crippen molar-refractivity contribution in [3.63, 3.8) is 0 Å². The summed E-state index contributed by atoms with van der Waals surface area (Å²) in [6.07, 6.45) is 2.77. The summed E-state index contributed by atoms with van der Waals surface area (Å²) in [5, 5.41) is 1.97. The molecule has 0 aliphatic carbocycles. The van der Waals surface area contributed by atoms with Gasteiger partial charge < -0.3 is 4.74 Å². The molecule has 2 rings (SSSR count). The molecule has 0 N–H and O–H groups in total. The van der Waals surface area contributed by atoms with Crippen molar-refractivity contribution in [2.45, 2.75) is 26.2 Å². The molecule has 0 atom stereocenters. The first kappa shape index (κ1) is 10.8. The maximum atomic E-state index is 11.9. The van der Waals surface area contributed by atoms with Gasteiger partial charge in [0.1, 0.15) is 0 Å². The molecule has 1 aromatic rings. The molecule has 82 valence electrons. The van der Waals surface area contributed by atoms with Crippen molar-refractivity contribution in [2.24, 2.45) is 5.92 Å². The second-order valence-corrected chi connectivity index (χ2v) is 5.24. The van der Waals surface area contributed by atoms with Gasteiger partial charge in [0.25, 0.3) is 0 Å². The zero-order chi connectivity index (χ0) is 10.7. The SMILES string of the molecule is Cc1cc(C(=O)CC2CCOCC2)cs1. The summed E-state index contributed by atoms with van der Waals surface area (Å²) in [5.74, 6) is 0.831. The standard InChI is InChI=1S/C12H16O2S/c1-9-6-11(8-15-9)12(13)7-10-2-4-14-5-3-10/h6,8,10H,2-5,7H2,1H3. The largest absolute Gasteiger partial charge is 0.381 e. The average Bonchev–Trinajstić information content (AvgIpc) is 2.66. The Hall–Kier alpha value is -0.670. The predicted molar refractivity (Wildman–Crippen MR) is 61.5 cm³/mol. The van der Waals surface area contributed by atoms with Gasteiger partial charge in [-0.25, -0.2) is 0 Å². The Balaban J connectivity index is 1.91. The fraction of sp³-hybridized carbons (Fsp3) is 0.583. The summed E-state index contributed by atoms with van der Waals surface area (Å²) in [7, 11) is 0. The molecule has 0 radical (unpaired) electrons. The molecule has 1 saturated heterocycles. The molecule has 3 heteroatoms. The monoisotopic (exact) mass is 224 g/mol. The fourth-order valence-electron chi connectivity index (χ4n) is 1.92. The maximum absolute atomic E-state index is 11.9. The molecule has 0 aromatic carbocycles. The number of hydrogen-bond acceptors (Lipinski definition) is 3. The van der Waals surface area contributed by atoms with Crippen LogP contribution < -0.4 is 0 Å². The summed E-state index contributed by atoms with van der Waals surface area (Å²) in [6, 6.07) is 1.99. The van der Waals surface area contributed by atoms with Gasteiger partial charge in [-0.2, -0.15) is 0 Å². The normalized spacial score (nSPS) is 17.9. The van der Waals surface area contributed by atoms with Crippen LogP contribution >= 0.6 is 11.3 Å². The van der Waals surface area contributed by atoms with E-state index in [4.69, 9.17) is 4.74 Å². The highest BCUT2D eigenvalue weighted by Crippen LogP contribution is 2.22. The summed E-state index contributed by atoms with van der Waals surface area (Å²) < 4.78 is 5.28. The van der Waals surface area contributed by atoms with Gasteiger partial charge in [0.05, 0.1) is 0 Å². The highest BCUT2D eigenvalue weighted by molar-refractivity contribution is 7.10. The van der Waals surface area contributed by atoms with E-state index in [1.54, 1.807) is 11.3 Å². The summed E-state index contributed by atoms with van der Waals surface area (Å²) in [4.78, 5) is 13.1. The van der Waals surface area contributed by atoms with E-state index in [9.17, 15) is 4.79 Å². The third-order valence-electron chi connectivity index (χ3n) is 2.87. The van der Waals surface area contributed by atoms with E-state index < -0.39 is 0 Å². The first-order valence-corrected chi connectivity index (χ1v) is 6.30. The number of aryl methyl sites for hydroxylation is 1. The van der Waals surface area contributed by atoms with E-state index in [2.05, 4.69) is 0 Å². The molecular weight excluding hydrogens is 208 g/mol. The van der Waals surface area contributed by atoms with Crippen molar-refractivity contribution in [2.75, 3.05) is 13.2 Å². The highest BCUT2D eigenvalue weighted by Gasteiger charge is 2.18. The average molecular weight is 224 g/mol. The van der Waals surface area contributed by atoms with Crippen LogP contribution in [-0.2, 0) is 4.74 Å². The maximum Gasteiger partial charge on any atom is 0.163 e. The van der Waals surface area contributed by atoms with Crippen LogP contribution in [0.15, 0.2) is 11.4 Å². The number of ether oxygens (including phenoxy) is 1. The van der Waals surface area contributed by atoms with E-state index in [-0.39, 0.29) is 0 Å². The smallest absolute Gasteiger partial charge is 0.163 e. The third kappa shape index (κ3) is 2.89. The Morgan fingerprint density at radius 3 is 2.87 bits per heavy atom. The van der Waals surface area contributed by atoms with Crippen molar-refractivity contribution in [1.82, 2.24) is 0 Å². The molecule has 2 nitrogen and oxygen atoms in total. The van der Waals surface area contributed by atoms with Crippen molar-refractivity contribution in [3.05, 3.63) is 21.9 Å². The number of rotatable bonds is 3. The van der Waals surface area contributed by atoms with Gasteiger partial charge >= 0.3 is 0 Å². The molecule has 1 fully saturated rings. The molecule has 0 unspecified atom stereocenters. The Labute approximate surface area is 94.3 Å². The predicted octanol–water partition coefficient (Wildman–Crippen LogP) is 3.06. The van der Waals surface area contributed by atoms with Crippen LogP contribution in [0.2, 0.25) is 0 Å². The van der Waals surface area contributed by atoms with Crippen molar-refractivity contribution >= 4 is 17.1 Å². The van der Waals surface area contributed by atoms with E-state index in [1.165, 1.54) is 4.88 Å². The molecule has 1 aliphatic rings. The topological polar surface area (TPSA) is 26.3 Å². The first-order valence-electron chi connectivity index (χ1n) is 5.42. The molecule has 1 aromatic heterocycles. The lowest BCUT2D eigenvalue weighted by atomic mass is 9.93. The fourth-order valence-corrected chi connectivity index (χ4v) is 2.63. The molecule has 0 spiro atoms. The van der Waals surface area contributed by atoms with Gasteiger partial charge in [0.2, 0.25) is 0 Å². The van der Waals surface area contributed by atoms with Gasteiger partial charge in [0.15, 0.2) is 5.78 Å². The van der Waals surface area contributed by atoms with E-state index in [0.717, 1.165) is 31.6 Å². The van der Waals surface area contributed by atoms with E-state index >= 15 is 0 Å². The lowest BCUT2D eigenvalue weighted by Gasteiger charge is -2.20. The van der Waals surface area contributed by atoms with Gasteiger partial charge in [-0.3, -0.25) is 4.79 Å². The van der Waals surface area contributed by atoms with Crippen molar-refractivity contribution in [1.29, 1.82) is 0 Å². The van der Waals surface area contributed by atoms with Crippen LogP contribution in [0.5, 0.6) is 0 Å². The summed E-state index contributed by atoms with van der Waals surface area (Å²) in [6.45, 7) is 3.68. The molecule has 15 heavy (non-hydrogen) atoms. The quantitative estimate of drug-likeness (QED) is 0.738. The van der Waals surface area contributed by atoms with Crippen LogP contribution in [-0.4, -0.2) is 19.0 Å². The van der Waals surface area contributed by atoms with Crippen LogP contribution in [0.25, 0.3) is 0 Å². The van der Waals surface area contributed by atoms with Gasteiger partial charge in [-0.1, -0.05) is 0 Å². The minimum absolute atomic E-state index is 0.297. The molecular formula is C12H16O2S. The molecule has 0 bridgehead atoms. The zero-order valence-electron chi connectivity index (χ0n) is 8.99. The minimum atomic E-state index is 0.297. The van der Waals surface area contributed by atoms with Crippen LogP contribution in [0.1, 0.15) is 34.5 Å². The molecule has 2 heterocycles. The number of carbonyl (C=O) groups is 1. The van der Waals surface area contributed by atoms with Gasteiger partial charge in [-0.15, -0.1) is 11.3 Å². The number of hydrogen-bond donors (Lipinski definition) is 0. The molecule has 1 aliphatic heterocycles. The number of carbonyl (C=O) groups excluding carboxylic acids is 1. The van der Waals surface area contributed by atoms with Crippen LogP contribution in [0, 0.1) is 12.8 Å². The van der Waals surface area contributed by atoms with Crippen molar-refractivity contribution in [3.8, 4) is 0 Å². The molecule has 0 saturated carbocycles. The zero-order valence-corrected chi connectivity index (χ0v) is 9.81. The van der Waals surface area contributed by atoms with Crippen LogP contribution in [0.4, 0.5) is 0 Å². The van der Waals surface area contributed by atoms with Crippen LogP contribution in [0.3, 0.4) is 0 Å². The lowest BCUT2D eigenvalue weighted by Crippen LogP contribution is -2.18. The Morgan fingerprint density at radius 2 is 2.27 bits per heavy atom. The van der Waals surface area contributed by atoms with Crippen molar-refractivity contribution < 1.29 is 9.53 Å². The Kier molecular flexibility index (Phi) is 3.54. The minimum Gasteiger partial charge on any atom is -0.381 e. The van der Waals surface area contributed by atoms with Gasteiger partial charge in [0, 0.05) is 35.5 Å². The number of ketones is 1.